The molecule has 2 aliphatic carbocycles. The summed E-state index contributed by atoms with van der Waals surface area (Å²) >= 11 is 0. The number of hydrogen-bond donors (Lipinski definition) is 2. The molecule has 0 aromatic carbocycles. The highest BCUT2D eigenvalue weighted by molar-refractivity contribution is 7.85. The Hall–Kier alpha value is -0.500. The van der Waals surface area contributed by atoms with Gasteiger partial charge in [0.1, 0.15) is 18.4 Å². The summed E-state index contributed by atoms with van der Waals surface area (Å²) in [4.78, 5) is 11.8. The smallest absolute Gasteiger partial charge is 0.154 e. The van der Waals surface area contributed by atoms with Crippen LogP contribution in [0.5, 0.6) is 0 Å². The van der Waals surface area contributed by atoms with Gasteiger partial charge in [0.2, 0.25) is 0 Å². The molecular formula is C14H25NO5S. The van der Waals surface area contributed by atoms with E-state index in [0.29, 0.717) is 18.9 Å². The van der Waals surface area contributed by atoms with Crippen molar-refractivity contribution in [1.29, 1.82) is 0 Å². The van der Waals surface area contributed by atoms with Gasteiger partial charge in [-0.2, -0.15) is 0 Å². The fraction of sp³-hybridized carbons (Fsp3) is 0.929. The summed E-state index contributed by atoms with van der Waals surface area (Å²) in [6.45, 7) is 6.76. The van der Waals surface area contributed by atoms with E-state index in [9.17, 15) is 17.8 Å². The zero-order valence-electron chi connectivity index (χ0n) is 12.8. The molecule has 2 unspecified atom stereocenters. The van der Waals surface area contributed by atoms with E-state index in [1.165, 1.54) is 0 Å². The van der Waals surface area contributed by atoms with Crippen LogP contribution in [0.15, 0.2) is 0 Å². The van der Waals surface area contributed by atoms with Gasteiger partial charge in [-0.15, -0.1) is 0 Å². The number of fused-ring (bicyclic) bond motifs is 2. The van der Waals surface area contributed by atoms with Gasteiger partial charge >= 0.3 is 0 Å². The van der Waals surface area contributed by atoms with Crippen molar-refractivity contribution in [2.24, 2.45) is 16.7 Å². The lowest BCUT2D eigenvalue weighted by Gasteiger charge is -2.37. The predicted octanol–water partition coefficient (Wildman–Crippen LogP) is -0.760. The average molecular weight is 319 g/mol. The molecule has 0 amide bonds. The first-order chi connectivity index (χ1) is 9.49. The SMILES string of the molecule is CC1(C)C2CCC1(CS(=O)(=O)[O-])C(=O)C2.C[C@@H]1[NH2+]C[C@H]1O. The summed E-state index contributed by atoms with van der Waals surface area (Å²) in [7, 11) is -4.33. The Kier molecular flexibility index (Phi) is 4.25. The van der Waals surface area contributed by atoms with Gasteiger partial charge in [0.25, 0.3) is 0 Å². The monoisotopic (exact) mass is 319 g/mol. The van der Waals surface area contributed by atoms with Crippen molar-refractivity contribution in [2.45, 2.75) is 52.2 Å². The molecule has 0 radical (unpaired) electrons. The van der Waals surface area contributed by atoms with Crippen molar-refractivity contribution in [3.8, 4) is 0 Å². The third-order valence-corrected chi connectivity index (χ3v) is 6.76. The molecule has 3 rings (SSSR count). The number of carbonyl (C=O) groups excluding carboxylic acids is 1. The van der Waals surface area contributed by atoms with E-state index >= 15 is 0 Å². The quantitative estimate of drug-likeness (QED) is 0.650. The number of aliphatic hydroxyl groups is 1. The second kappa shape index (κ2) is 5.30. The maximum atomic E-state index is 11.8. The first-order valence-electron chi connectivity index (χ1n) is 7.48. The topological polar surface area (TPSA) is 111 Å². The van der Waals surface area contributed by atoms with E-state index in [2.05, 4.69) is 5.32 Å². The van der Waals surface area contributed by atoms with Crippen LogP contribution in [0.25, 0.3) is 0 Å². The molecule has 4 atom stereocenters. The van der Waals surface area contributed by atoms with Crippen LogP contribution in [0.1, 0.15) is 40.0 Å². The summed E-state index contributed by atoms with van der Waals surface area (Å²) in [5, 5.41) is 10.8. The van der Waals surface area contributed by atoms with E-state index in [1.54, 1.807) is 0 Å². The van der Waals surface area contributed by atoms with Crippen molar-refractivity contribution in [3.05, 3.63) is 0 Å². The van der Waals surface area contributed by atoms with Crippen LogP contribution in [0, 0.1) is 16.7 Å². The van der Waals surface area contributed by atoms with E-state index < -0.39 is 21.3 Å². The van der Waals surface area contributed by atoms with Crippen molar-refractivity contribution >= 4 is 15.9 Å². The van der Waals surface area contributed by atoms with Crippen molar-refractivity contribution < 1.29 is 28.2 Å². The largest absolute Gasteiger partial charge is 0.748 e. The second-order valence-electron chi connectivity index (χ2n) is 7.27. The number of aliphatic hydroxyl groups excluding tert-OH is 1. The molecule has 0 aromatic rings. The Bertz CT molecular complexity index is 521. The summed E-state index contributed by atoms with van der Waals surface area (Å²) < 4.78 is 32.7. The van der Waals surface area contributed by atoms with Gasteiger partial charge in [0, 0.05) is 11.8 Å². The Morgan fingerprint density at radius 2 is 2.00 bits per heavy atom. The van der Waals surface area contributed by atoms with E-state index in [1.807, 2.05) is 20.8 Å². The zero-order chi connectivity index (χ0) is 16.1. The normalized spacial score (nSPS) is 40.4. The molecule has 7 heteroatoms. The van der Waals surface area contributed by atoms with Gasteiger partial charge in [0.05, 0.1) is 15.9 Å². The number of nitrogens with two attached hydrogens (primary N) is 1. The molecule has 3 aliphatic rings. The molecule has 2 bridgehead atoms. The third kappa shape index (κ3) is 2.88. The van der Waals surface area contributed by atoms with Gasteiger partial charge in [-0.1, -0.05) is 13.8 Å². The molecule has 122 valence electrons. The van der Waals surface area contributed by atoms with Crippen LogP contribution in [0.3, 0.4) is 0 Å². The molecule has 0 aromatic heterocycles. The highest BCUT2D eigenvalue weighted by atomic mass is 32.2. The predicted molar refractivity (Wildman–Crippen MR) is 75.4 cm³/mol. The van der Waals surface area contributed by atoms with Crippen molar-refractivity contribution in [2.75, 3.05) is 12.3 Å². The van der Waals surface area contributed by atoms with Gasteiger partial charge in [-0.25, -0.2) is 8.42 Å². The first-order valence-corrected chi connectivity index (χ1v) is 9.05. The zero-order valence-corrected chi connectivity index (χ0v) is 13.6. The summed E-state index contributed by atoms with van der Waals surface area (Å²) in [6, 6.07) is 0.463. The van der Waals surface area contributed by atoms with Crippen LogP contribution in [0.2, 0.25) is 0 Å². The van der Waals surface area contributed by atoms with Crippen LogP contribution in [-0.4, -0.2) is 48.3 Å². The summed E-state index contributed by atoms with van der Waals surface area (Å²) in [5.41, 5.74) is -1.22. The minimum Gasteiger partial charge on any atom is -0.748 e. The average Bonchev–Trinajstić information content (AvgIpc) is 2.69. The van der Waals surface area contributed by atoms with Gasteiger partial charge in [-0.3, -0.25) is 4.79 Å². The fourth-order valence-corrected chi connectivity index (χ4v) is 5.22. The summed E-state index contributed by atoms with van der Waals surface area (Å²) in [5.74, 6) is -0.280. The Morgan fingerprint density at radius 1 is 1.43 bits per heavy atom. The number of hydrogen-bond acceptors (Lipinski definition) is 5. The number of Topliss-reactive ketones (excluding diaryl/α,β-unsaturated/α-hetero) is 1. The van der Waals surface area contributed by atoms with Gasteiger partial charge < -0.3 is 15.0 Å². The van der Waals surface area contributed by atoms with E-state index in [0.717, 1.165) is 13.0 Å². The van der Waals surface area contributed by atoms with E-state index in [4.69, 9.17) is 5.11 Å². The van der Waals surface area contributed by atoms with Crippen molar-refractivity contribution in [3.63, 3.8) is 0 Å². The number of quaternary nitrogens is 1. The lowest BCUT2D eigenvalue weighted by molar-refractivity contribution is -0.757. The van der Waals surface area contributed by atoms with Gasteiger partial charge in [0.15, 0.2) is 6.10 Å². The van der Waals surface area contributed by atoms with Crippen LogP contribution < -0.4 is 5.32 Å². The Balaban J connectivity index is 0.000000225. The van der Waals surface area contributed by atoms with Crippen LogP contribution >= 0.6 is 0 Å². The minimum atomic E-state index is -4.33. The lowest BCUT2D eigenvalue weighted by atomic mass is 9.70. The molecule has 21 heavy (non-hydrogen) atoms. The standard InChI is InChI=1S/C10H16O4S.C4H9NO/c1-9(2)7-3-4-10(9,8(11)5-7)6-15(12,13)14;1-3-4(6)2-5-3/h7H,3-6H2,1-2H3,(H,12,13,14);3-6H,2H2,1H3/t;3-,4+/m.0/s1. The Morgan fingerprint density at radius 3 is 2.24 bits per heavy atom. The molecule has 0 spiro atoms. The molecule has 3 fully saturated rings. The molecule has 3 N–H and O–H groups in total. The molecule has 1 heterocycles. The first kappa shape index (κ1) is 16.9. The highest BCUT2D eigenvalue weighted by Gasteiger charge is 2.64. The maximum absolute atomic E-state index is 11.8. The van der Waals surface area contributed by atoms with Crippen molar-refractivity contribution in [1.82, 2.24) is 0 Å². The molecule has 6 nitrogen and oxygen atoms in total. The number of rotatable bonds is 2. The number of carbonyl (C=O) groups is 1. The second-order valence-corrected chi connectivity index (χ2v) is 8.67. The fourth-order valence-electron chi connectivity index (χ4n) is 3.94. The minimum absolute atomic E-state index is 0.0231. The third-order valence-electron chi connectivity index (χ3n) is 5.92. The van der Waals surface area contributed by atoms with Crippen LogP contribution in [0.4, 0.5) is 0 Å². The van der Waals surface area contributed by atoms with Crippen LogP contribution in [-0.2, 0) is 14.9 Å². The number of ketones is 1. The Labute approximate surface area is 126 Å². The molecule has 1 saturated heterocycles. The molecule has 1 aliphatic heterocycles. The molecular weight excluding hydrogens is 294 g/mol. The van der Waals surface area contributed by atoms with E-state index in [-0.39, 0.29) is 23.2 Å². The maximum Gasteiger partial charge on any atom is 0.154 e. The van der Waals surface area contributed by atoms with Gasteiger partial charge in [-0.05, 0) is 31.1 Å². The lowest BCUT2D eigenvalue weighted by Crippen LogP contribution is -3.03. The summed E-state index contributed by atoms with van der Waals surface area (Å²) in [6.07, 6.45) is 1.85. The molecule has 2 saturated carbocycles. The highest BCUT2D eigenvalue weighted by Crippen LogP contribution is 2.64.